The molecule has 186 valence electrons. The van der Waals surface area contributed by atoms with E-state index in [1.807, 2.05) is 16.7 Å². The van der Waals surface area contributed by atoms with Crippen molar-refractivity contribution < 1.29 is 18.3 Å². The van der Waals surface area contributed by atoms with Crippen molar-refractivity contribution >= 4 is 22.5 Å². The zero-order valence-electron chi connectivity index (χ0n) is 20.3. The van der Waals surface area contributed by atoms with Crippen molar-refractivity contribution in [2.24, 2.45) is 11.3 Å². The lowest BCUT2D eigenvalue weighted by molar-refractivity contribution is 0.0632. The number of nitrogens with zero attached hydrogens (tertiary/aromatic N) is 5. The van der Waals surface area contributed by atoms with Crippen molar-refractivity contribution in [2.45, 2.75) is 32.6 Å². The van der Waals surface area contributed by atoms with Crippen molar-refractivity contribution in [3.05, 3.63) is 29.5 Å². The van der Waals surface area contributed by atoms with Crippen molar-refractivity contribution in [2.75, 3.05) is 57.8 Å². The molecule has 1 aliphatic carbocycles. The number of benzene rings is 1. The van der Waals surface area contributed by atoms with Crippen LogP contribution in [0, 0.1) is 34.3 Å². The first-order valence-corrected chi connectivity index (χ1v) is 12.4. The van der Waals surface area contributed by atoms with Gasteiger partial charge in [0.25, 0.3) is 5.91 Å². The summed E-state index contributed by atoms with van der Waals surface area (Å²) in [6, 6.07) is 3.59. The van der Waals surface area contributed by atoms with Crippen LogP contribution in [0.15, 0.2) is 12.3 Å². The van der Waals surface area contributed by atoms with Crippen LogP contribution in [0.3, 0.4) is 0 Å². The van der Waals surface area contributed by atoms with E-state index in [-0.39, 0.29) is 16.8 Å². The SMILES string of the molecule is COc1c(F)cc2c(N3CCC(C)(C#N)CC3)c(C(=O)N3CCN(CC4CC4)CC3)cnc2c1F. The number of hydrogen-bond acceptors (Lipinski definition) is 6. The maximum atomic E-state index is 15.1. The van der Waals surface area contributed by atoms with E-state index in [1.54, 1.807) is 0 Å². The number of methoxy groups -OCH3 is 1. The molecule has 0 N–H and O–H groups in total. The number of nitriles is 1. The molecule has 9 heteroatoms. The average molecular weight is 484 g/mol. The molecule has 7 nitrogen and oxygen atoms in total. The molecule has 3 fully saturated rings. The number of piperazine rings is 1. The monoisotopic (exact) mass is 483 g/mol. The molecule has 0 radical (unpaired) electrons. The summed E-state index contributed by atoms with van der Waals surface area (Å²) in [5.74, 6) is -1.58. The van der Waals surface area contributed by atoms with E-state index in [2.05, 4.69) is 16.0 Å². The van der Waals surface area contributed by atoms with Crippen molar-refractivity contribution in [1.29, 1.82) is 5.26 Å². The Balaban J connectivity index is 1.51. The van der Waals surface area contributed by atoms with Crippen LogP contribution in [-0.2, 0) is 0 Å². The van der Waals surface area contributed by atoms with Crippen molar-refractivity contribution in [1.82, 2.24) is 14.8 Å². The lowest BCUT2D eigenvalue weighted by Crippen LogP contribution is -2.49. The summed E-state index contributed by atoms with van der Waals surface area (Å²) < 4.78 is 34.8. The van der Waals surface area contributed by atoms with Gasteiger partial charge >= 0.3 is 0 Å². The van der Waals surface area contributed by atoms with E-state index in [9.17, 15) is 14.4 Å². The number of aromatic nitrogens is 1. The van der Waals surface area contributed by atoms with E-state index in [0.29, 0.717) is 50.3 Å². The van der Waals surface area contributed by atoms with Crippen LogP contribution in [0.5, 0.6) is 5.75 Å². The number of halogens is 2. The third-order valence-electron chi connectivity index (χ3n) is 7.74. The highest BCUT2D eigenvalue weighted by atomic mass is 19.1. The topological polar surface area (TPSA) is 72.7 Å². The molecule has 1 saturated carbocycles. The smallest absolute Gasteiger partial charge is 0.257 e. The van der Waals surface area contributed by atoms with Crippen LogP contribution in [0.2, 0.25) is 0 Å². The molecule has 5 rings (SSSR count). The first-order valence-electron chi connectivity index (χ1n) is 12.4. The van der Waals surface area contributed by atoms with Gasteiger partial charge in [0, 0.05) is 57.4 Å². The number of anilines is 1. The first kappa shape index (κ1) is 23.7. The molecule has 0 unspecified atom stereocenters. The van der Waals surface area contributed by atoms with Crippen LogP contribution in [-0.4, -0.2) is 73.6 Å². The zero-order chi connectivity index (χ0) is 24.7. The van der Waals surface area contributed by atoms with Gasteiger partial charge in [-0.1, -0.05) is 0 Å². The molecule has 0 bridgehead atoms. The Morgan fingerprint density at radius 3 is 2.49 bits per heavy atom. The lowest BCUT2D eigenvalue weighted by Gasteiger charge is -2.39. The minimum absolute atomic E-state index is 0.0299. The number of carbonyl (C=O) groups excluding carboxylic acids is 1. The van der Waals surface area contributed by atoms with Gasteiger partial charge in [0.1, 0.15) is 5.52 Å². The maximum absolute atomic E-state index is 15.1. The fourth-order valence-corrected chi connectivity index (χ4v) is 5.22. The molecule has 35 heavy (non-hydrogen) atoms. The Kier molecular flexibility index (Phi) is 6.26. The Labute approximate surface area is 204 Å². The molecule has 3 aliphatic rings. The first-order chi connectivity index (χ1) is 16.8. The molecular weight excluding hydrogens is 452 g/mol. The third kappa shape index (κ3) is 4.52. The van der Waals surface area contributed by atoms with Crippen LogP contribution in [0.25, 0.3) is 10.9 Å². The van der Waals surface area contributed by atoms with Crippen molar-refractivity contribution in [3.63, 3.8) is 0 Å². The number of pyridine rings is 1. The van der Waals surface area contributed by atoms with Crippen LogP contribution in [0.4, 0.5) is 14.5 Å². The number of fused-ring (bicyclic) bond motifs is 1. The highest BCUT2D eigenvalue weighted by molar-refractivity contribution is 6.07. The number of hydrogen-bond donors (Lipinski definition) is 0. The number of amides is 1. The fraction of sp³-hybridized carbons (Fsp3) is 0.577. The third-order valence-corrected chi connectivity index (χ3v) is 7.74. The number of carbonyl (C=O) groups is 1. The summed E-state index contributed by atoms with van der Waals surface area (Å²) in [4.78, 5) is 24.2. The maximum Gasteiger partial charge on any atom is 0.257 e. The number of ether oxygens (including phenoxy) is 1. The van der Waals surface area contributed by atoms with Gasteiger partial charge in [0.05, 0.1) is 29.8 Å². The van der Waals surface area contributed by atoms with Gasteiger partial charge in [-0.15, -0.1) is 0 Å². The summed E-state index contributed by atoms with van der Waals surface area (Å²) in [5.41, 5.74) is 0.345. The zero-order valence-corrected chi connectivity index (χ0v) is 20.3. The van der Waals surface area contributed by atoms with E-state index in [4.69, 9.17) is 4.74 Å². The molecule has 0 atom stereocenters. The summed E-state index contributed by atoms with van der Waals surface area (Å²) >= 11 is 0. The van der Waals surface area contributed by atoms with E-state index in [1.165, 1.54) is 32.2 Å². The van der Waals surface area contributed by atoms with E-state index < -0.39 is 22.8 Å². The Morgan fingerprint density at radius 1 is 1.20 bits per heavy atom. The normalized spacial score (nSPS) is 20.7. The van der Waals surface area contributed by atoms with Gasteiger partial charge in [0.2, 0.25) is 0 Å². The molecule has 2 saturated heterocycles. The van der Waals surface area contributed by atoms with Gasteiger partial charge in [-0.25, -0.2) is 8.78 Å². The lowest BCUT2D eigenvalue weighted by atomic mass is 9.81. The van der Waals surface area contributed by atoms with Gasteiger partial charge in [-0.3, -0.25) is 14.7 Å². The Hall–Kier alpha value is -2.99. The van der Waals surface area contributed by atoms with Gasteiger partial charge < -0.3 is 14.5 Å². The molecular formula is C26H31F2N5O2. The highest BCUT2D eigenvalue weighted by Gasteiger charge is 2.35. The quantitative estimate of drug-likeness (QED) is 0.644. The van der Waals surface area contributed by atoms with Gasteiger partial charge in [-0.05, 0) is 44.6 Å². The standard InChI is InChI=1S/C26H31F2N5O2/c1-26(16-29)5-7-32(8-6-26)23-18-13-20(27)24(35-2)21(28)22(18)30-14-19(23)25(34)33-11-9-31(10-12-33)15-17-3-4-17/h13-14,17H,3-12,15H2,1-2H3. The summed E-state index contributed by atoms with van der Waals surface area (Å²) in [5, 5.41) is 9.80. The van der Waals surface area contributed by atoms with Crippen molar-refractivity contribution in [3.8, 4) is 11.8 Å². The minimum atomic E-state index is -0.879. The highest BCUT2D eigenvalue weighted by Crippen LogP contribution is 2.40. The Morgan fingerprint density at radius 2 is 1.89 bits per heavy atom. The van der Waals surface area contributed by atoms with Crippen LogP contribution < -0.4 is 9.64 Å². The molecule has 1 aromatic carbocycles. The number of piperidine rings is 1. The largest absolute Gasteiger partial charge is 0.491 e. The molecule has 3 heterocycles. The molecule has 1 aromatic heterocycles. The summed E-state index contributed by atoms with van der Waals surface area (Å²) in [6.45, 7) is 6.90. The van der Waals surface area contributed by atoms with Gasteiger partial charge in [-0.2, -0.15) is 5.26 Å². The fourth-order valence-electron chi connectivity index (χ4n) is 5.22. The minimum Gasteiger partial charge on any atom is -0.491 e. The molecule has 2 aromatic rings. The second-order valence-corrected chi connectivity index (χ2v) is 10.3. The second kappa shape index (κ2) is 9.23. The van der Waals surface area contributed by atoms with Crippen LogP contribution >= 0.6 is 0 Å². The molecule has 0 spiro atoms. The van der Waals surface area contributed by atoms with E-state index >= 15 is 4.39 Å². The number of rotatable bonds is 5. The molecule has 1 amide bonds. The van der Waals surface area contributed by atoms with Gasteiger partial charge in [0.15, 0.2) is 17.4 Å². The molecule has 2 aliphatic heterocycles. The second-order valence-electron chi connectivity index (χ2n) is 10.3. The predicted molar refractivity (Wildman–Crippen MR) is 128 cm³/mol. The Bertz CT molecular complexity index is 1180. The predicted octanol–water partition coefficient (Wildman–Crippen LogP) is 3.82. The van der Waals surface area contributed by atoms with Crippen LogP contribution in [0.1, 0.15) is 43.0 Å². The van der Waals surface area contributed by atoms with E-state index in [0.717, 1.165) is 25.6 Å². The summed E-state index contributed by atoms with van der Waals surface area (Å²) in [6.07, 6.45) is 5.20. The summed E-state index contributed by atoms with van der Waals surface area (Å²) in [7, 11) is 1.21. The average Bonchev–Trinajstić information content (AvgIpc) is 3.68.